The van der Waals surface area contributed by atoms with Crippen LogP contribution < -0.4 is 4.74 Å². The van der Waals surface area contributed by atoms with Gasteiger partial charge in [0.2, 0.25) is 11.7 Å². The molecule has 1 atom stereocenters. The van der Waals surface area contributed by atoms with Gasteiger partial charge in [-0.3, -0.25) is 0 Å². The van der Waals surface area contributed by atoms with E-state index in [1.807, 2.05) is 24.3 Å². The lowest BCUT2D eigenvalue weighted by atomic mass is 10.1. The quantitative estimate of drug-likeness (QED) is 0.891. The van der Waals surface area contributed by atoms with Gasteiger partial charge in [-0.2, -0.15) is 4.98 Å². The fourth-order valence-electron chi connectivity index (χ4n) is 2.02. The molecule has 19 heavy (non-hydrogen) atoms. The van der Waals surface area contributed by atoms with E-state index < -0.39 is 0 Å². The Balaban J connectivity index is 1.72. The molecule has 3 rings (SSSR count). The third-order valence-corrected chi connectivity index (χ3v) is 3.37. The number of hydrogen-bond acceptors (Lipinski definition) is 5. The van der Waals surface area contributed by atoms with Crippen LogP contribution in [-0.2, 0) is 6.42 Å². The minimum atomic E-state index is -0.357. The lowest BCUT2D eigenvalue weighted by Gasteiger charge is -2.03. The zero-order chi connectivity index (χ0) is 13.2. The molecule has 0 bridgehead atoms. The van der Waals surface area contributed by atoms with E-state index in [-0.39, 0.29) is 6.10 Å². The molecule has 1 heterocycles. The molecule has 5 heteroatoms. The van der Waals surface area contributed by atoms with Gasteiger partial charge < -0.3 is 14.4 Å². The van der Waals surface area contributed by atoms with Gasteiger partial charge in [0.1, 0.15) is 5.75 Å². The van der Waals surface area contributed by atoms with Crippen molar-refractivity contribution >= 4 is 0 Å². The van der Waals surface area contributed by atoms with E-state index in [4.69, 9.17) is 9.26 Å². The molecule has 0 saturated heterocycles. The minimum Gasteiger partial charge on any atom is -0.497 e. The molecule has 1 fully saturated rings. The predicted molar refractivity (Wildman–Crippen MR) is 68.7 cm³/mol. The maximum Gasteiger partial charge on any atom is 0.229 e. The summed E-state index contributed by atoms with van der Waals surface area (Å²) >= 11 is 0. The topological polar surface area (TPSA) is 68.4 Å². The fraction of sp³-hybridized carbons (Fsp3) is 0.429. The molecule has 100 valence electrons. The van der Waals surface area contributed by atoms with Gasteiger partial charge in [0.05, 0.1) is 19.6 Å². The van der Waals surface area contributed by atoms with E-state index in [0.29, 0.717) is 24.1 Å². The molecular formula is C14H16N2O3. The summed E-state index contributed by atoms with van der Waals surface area (Å²) in [6, 6.07) is 7.46. The average Bonchev–Trinajstić information content (AvgIpc) is 3.20. The maximum atomic E-state index is 9.85. The summed E-state index contributed by atoms with van der Waals surface area (Å²) in [5, 5.41) is 13.8. The summed E-state index contributed by atoms with van der Waals surface area (Å²) < 4.78 is 10.3. The summed E-state index contributed by atoms with van der Waals surface area (Å²) in [7, 11) is 1.63. The zero-order valence-electron chi connectivity index (χ0n) is 10.7. The molecule has 0 amide bonds. The Hall–Kier alpha value is -1.88. The summed E-state index contributed by atoms with van der Waals surface area (Å²) in [4.78, 5) is 4.31. The molecule has 0 radical (unpaired) electrons. The number of benzene rings is 1. The second-order valence-electron chi connectivity index (χ2n) is 4.85. The van der Waals surface area contributed by atoms with E-state index in [1.54, 1.807) is 7.11 Å². The van der Waals surface area contributed by atoms with E-state index in [9.17, 15) is 5.11 Å². The van der Waals surface area contributed by atoms with Gasteiger partial charge in [0.25, 0.3) is 0 Å². The largest absolute Gasteiger partial charge is 0.497 e. The molecule has 5 nitrogen and oxygen atoms in total. The van der Waals surface area contributed by atoms with Crippen molar-refractivity contribution in [2.24, 2.45) is 5.92 Å². The van der Waals surface area contributed by atoms with Gasteiger partial charge in [-0.15, -0.1) is 0 Å². The summed E-state index contributed by atoms with van der Waals surface area (Å²) in [6.45, 7) is 0. The van der Waals surface area contributed by atoms with E-state index in [1.165, 1.54) is 0 Å². The number of aliphatic hydroxyl groups is 1. The number of nitrogens with zero attached hydrogens (tertiary/aromatic N) is 2. The van der Waals surface area contributed by atoms with E-state index in [0.717, 1.165) is 24.2 Å². The van der Waals surface area contributed by atoms with Crippen LogP contribution in [0.4, 0.5) is 0 Å². The van der Waals surface area contributed by atoms with Crippen LogP contribution in [0.5, 0.6) is 5.75 Å². The lowest BCUT2D eigenvalue weighted by Crippen LogP contribution is -2.12. The highest BCUT2D eigenvalue weighted by atomic mass is 16.5. The third kappa shape index (κ3) is 2.76. The zero-order valence-corrected chi connectivity index (χ0v) is 10.7. The summed E-state index contributed by atoms with van der Waals surface area (Å²) in [5.74, 6) is 2.24. The Bertz CT molecular complexity index is 546. The molecule has 1 aromatic heterocycles. The third-order valence-electron chi connectivity index (χ3n) is 3.37. The van der Waals surface area contributed by atoms with Crippen LogP contribution in [0.15, 0.2) is 28.8 Å². The van der Waals surface area contributed by atoms with Crippen LogP contribution in [0.3, 0.4) is 0 Å². The Morgan fingerprint density at radius 3 is 2.74 bits per heavy atom. The number of aliphatic hydroxyl groups excluding tert-OH is 1. The maximum absolute atomic E-state index is 9.85. The highest BCUT2D eigenvalue weighted by Gasteiger charge is 2.31. The first-order chi connectivity index (χ1) is 9.26. The SMILES string of the molecule is COc1ccc(-c2noc(CC(O)C3CC3)n2)cc1. The number of aromatic nitrogens is 2. The van der Waals surface area contributed by atoms with Crippen molar-refractivity contribution < 1.29 is 14.4 Å². The lowest BCUT2D eigenvalue weighted by molar-refractivity contribution is 0.140. The Labute approximate surface area is 111 Å². The monoisotopic (exact) mass is 260 g/mol. The highest BCUT2D eigenvalue weighted by molar-refractivity contribution is 5.55. The van der Waals surface area contributed by atoms with Gasteiger partial charge >= 0.3 is 0 Å². The van der Waals surface area contributed by atoms with Crippen molar-refractivity contribution in [1.29, 1.82) is 0 Å². The molecule has 1 saturated carbocycles. The van der Waals surface area contributed by atoms with Crippen molar-refractivity contribution in [3.63, 3.8) is 0 Å². The number of hydrogen-bond donors (Lipinski definition) is 1. The number of methoxy groups -OCH3 is 1. The minimum absolute atomic E-state index is 0.357. The van der Waals surface area contributed by atoms with Crippen LogP contribution >= 0.6 is 0 Å². The van der Waals surface area contributed by atoms with Crippen molar-refractivity contribution in [2.45, 2.75) is 25.4 Å². The van der Waals surface area contributed by atoms with Crippen molar-refractivity contribution in [2.75, 3.05) is 7.11 Å². The molecule has 1 aliphatic rings. The average molecular weight is 260 g/mol. The van der Waals surface area contributed by atoms with Crippen molar-refractivity contribution in [3.8, 4) is 17.1 Å². The first-order valence-electron chi connectivity index (χ1n) is 6.41. The molecule has 0 spiro atoms. The second-order valence-corrected chi connectivity index (χ2v) is 4.85. The van der Waals surface area contributed by atoms with Crippen LogP contribution in [0.2, 0.25) is 0 Å². The Morgan fingerprint density at radius 2 is 2.11 bits per heavy atom. The summed E-state index contributed by atoms with van der Waals surface area (Å²) in [5.41, 5.74) is 0.872. The summed E-state index contributed by atoms with van der Waals surface area (Å²) in [6.07, 6.45) is 2.28. The van der Waals surface area contributed by atoms with E-state index >= 15 is 0 Å². The molecule has 1 unspecified atom stereocenters. The van der Waals surface area contributed by atoms with Gasteiger partial charge in [-0.05, 0) is 43.0 Å². The molecule has 2 aromatic rings. The van der Waals surface area contributed by atoms with Crippen molar-refractivity contribution in [3.05, 3.63) is 30.2 Å². The fourth-order valence-corrected chi connectivity index (χ4v) is 2.02. The molecule has 1 aliphatic carbocycles. The second kappa shape index (κ2) is 5.01. The van der Waals surface area contributed by atoms with Crippen LogP contribution in [-0.4, -0.2) is 28.5 Å². The van der Waals surface area contributed by atoms with Gasteiger partial charge in [0.15, 0.2) is 0 Å². The number of rotatable bonds is 5. The first-order valence-corrected chi connectivity index (χ1v) is 6.41. The standard InChI is InChI=1S/C14H16N2O3/c1-18-11-6-4-10(5-7-11)14-15-13(19-16-14)8-12(17)9-2-3-9/h4-7,9,12,17H,2-3,8H2,1H3. The molecule has 1 aromatic carbocycles. The molecule has 1 N–H and O–H groups in total. The normalized spacial score (nSPS) is 16.3. The first kappa shape index (κ1) is 12.2. The van der Waals surface area contributed by atoms with Crippen LogP contribution in [0, 0.1) is 5.92 Å². The predicted octanol–water partition coefficient (Wildman–Crippen LogP) is 2.06. The highest BCUT2D eigenvalue weighted by Crippen LogP contribution is 2.33. The molecule has 0 aliphatic heterocycles. The number of ether oxygens (including phenoxy) is 1. The van der Waals surface area contributed by atoms with Gasteiger partial charge in [-0.1, -0.05) is 5.16 Å². The Morgan fingerprint density at radius 1 is 1.37 bits per heavy atom. The smallest absolute Gasteiger partial charge is 0.229 e. The molecular weight excluding hydrogens is 244 g/mol. The van der Waals surface area contributed by atoms with E-state index in [2.05, 4.69) is 10.1 Å². The van der Waals surface area contributed by atoms with Crippen LogP contribution in [0.1, 0.15) is 18.7 Å². The van der Waals surface area contributed by atoms with Crippen LogP contribution in [0.25, 0.3) is 11.4 Å². The van der Waals surface area contributed by atoms with Crippen molar-refractivity contribution in [1.82, 2.24) is 10.1 Å². The Kier molecular flexibility index (Phi) is 3.21. The van der Waals surface area contributed by atoms with Gasteiger partial charge in [-0.25, -0.2) is 0 Å². The van der Waals surface area contributed by atoms with Gasteiger partial charge in [0, 0.05) is 5.56 Å².